The van der Waals surface area contributed by atoms with Crippen molar-refractivity contribution in [1.29, 1.82) is 0 Å². The van der Waals surface area contributed by atoms with Crippen LogP contribution < -0.4 is 11.1 Å². The predicted octanol–water partition coefficient (Wildman–Crippen LogP) is 1.74. The van der Waals surface area contributed by atoms with Crippen LogP contribution in [-0.2, 0) is 7.05 Å². The lowest BCUT2D eigenvalue weighted by molar-refractivity contribution is 0.416. The molecule has 2 unspecified atom stereocenters. The van der Waals surface area contributed by atoms with Crippen molar-refractivity contribution in [3.05, 3.63) is 12.3 Å². The molecule has 16 heavy (non-hydrogen) atoms. The molecule has 0 spiro atoms. The fraction of sp³-hybridized carbons (Fsp3) is 0.750. The molecule has 1 saturated carbocycles. The molecule has 0 aromatic carbocycles. The normalized spacial score (nSPS) is 26.4. The Labute approximate surface area is 97.2 Å². The van der Waals surface area contributed by atoms with Gasteiger partial charge in [0.25, 0.3) is 0 Å². The summed E-state index contributed by atoms with van der Waals surface area (Å²) in [5.74, 6) is 1.56. The highest BCUT2D eigenvalue weighted by Gasteiger charge is 2.20. The van der Waals surface area contributed by atoms with Gasteiger partial charge in [0.05, 0.1) is 0 Å². The van der Waals surface area contributed by atoms with Gasteiger partial charge in [-0.25, -0.2) is 0 Å². The third kappa shape index (κ3) is 2.98. The van der Waals surface area contributed by atoms with Crippen LogP contribution in [0.5, 0.6) is 0 Å². The largest absolute Gasteiger partial charge is 0.368 e. The number of nitrogens with one attached hydrogen (secondary N) is 1. The van der Waals surface area contributed by atoms with Crippen LogP contribution in [-0.4, -0.2) is 22.4 Å². The van der Waals surface area contributed by atoms with Gasteiger partial charge in [0.2, 0.25) is 0 Å². The minimum absolute atomic E-state index is 0.360. The highest BCUT2D eigenvalue weighted by Crippen LogP contribution is 2.22. The second-order valence-electron chi connectivity index (χ2n) is 4.82. The third-order valence-electron chi connectivity index (χ3n) is 3.48. The van der Waals surface area contributed by atoms with Gasteiger partial charge in [0.1, 0.15) is 5.82 Å². The van der Waals surface area contributed by atoms with Crippen LogP contribution in [0.1, 0.15) is 32.1 Å². The summed E-state index contributed by atoms with van der Waals surface area (Å²) in [7, 11) is 1.93. The molecule has 90 valence electrons. The number of hydrogen-bond donors (Lipinski definition) is 2. The Bertz CT molecular complexity index is 321. The molecule has 0 radical (unpaired) electrons. The van der Waals surface area contributed by atoms with E-state index < -0.39 is 0 Å². The van der Waals surface area contributed by atoms with Crippen molar-refractivity contribution >= 4 is 5.82 Å². The minimum atomic E-state index is 0.360. The van der Waals surface area contributed by atoms with Crippen molar-refractivity contribution in [2.24, 2.45) is 18.7 Å². The smallest absolute Gasteiger partial charge is 0.147 e. The SMILES string of the molecule is Cn1ccc(NCC2CCCCCC2N)n1. The van der Waals surface area contributed by atoms with E-state index in [0.717, 1.165) is 12.4 Å². The van der Waals surface area contributed by atoms with E-state index in [0.29, 0.717) is 12.0 Å². The highest BCUT2D eigenvalue weighted by atomic mass is 15.3. The van der Waals surface area contributed by atoms with E-state index in [1.54, 1.807) is 0 Å². The molecule has 2 atom stereocenters. The zero-order valence-corrected chi connectivity index (χ0v) is 10.0. The third-order valence-corrected chi connectivity index (χ3v) is 3.48. The van der Waals surface area contributed by atoms with Crippen LogP contribution in [0.3, 0.4) is 0 Å². The first-order valence-electron chi connectivity index (χ1n) is 6.25. The monoisotopic (exact) mass is 222 g/mol. The number of aromatic nitrogens is 2. The van der Waals surface area contributed by atoms with Gasteiger partial charge in [0, 0.05) is 31.9 Å². The lowest BCUT2D eigenvalue weighted by Crippen LogP contribution is -2.33. The zero-order chi connectivity index (χ0) is 11.4. The van der Waals surface area contributed by atoms with Crippen molar-refractivity contribution in [3.63, 3.8) is 0 Å². The van der Waals surface area contributed by atoms with Crippen LogP contribution in [0.2, 0.25) is 0 Å². The van der Waals surface area contributed by atoms with Crippen molar-refractivity contribution in [1.82, 2.24) is 9.78 Å². The van der Waals surface area contributed by atoms with Gasteiger partial charge < -0.3 is 11.1 Å². The molecule has 1 heterocycles. The molecule has 2 rings (SSSR count). The van der Waals surface area contributed by atoms with Crippen LogP contribution in [0.25, 0.3) is 0 Å². The molecule has 4 nitrogen and oxygen atoms in total. The molecule has 1 aromatic heterocycles. The van der Waals surface area contributed by atoms with E-state index in [2.05, 4.69) is 10.4 Å². The highest BCUT2D eigenvalue weighted by molar-refractivity contribution is 5.32. The minimum Gasteiger partial charge on any atom is -0.368 e. The van der Waals surface area contributed by atoms with E-state index in [9.17, 15) is 0 Å². The topological polar surface area (TPSA) is 55.9 Å². The van der Waals surface area contributed by atoms with Gasteiger partial charge in [-0.05, 0) is 18.8 Å². The van der Waals surface area contributed by atoms with Gasteiger partial charge in [-0.3, -0.25) is 4.68 Å². The fourth-order valence-electron chi connectivity index (χ4n) is 2.41. The summed E-state index contributed by atoms with van der Waals surface area (Å²) in [4.78, 5) is 0. The van der Waals surface area contributed by atoms with Crippen molar-refractivity contribution in [3.8, 4) is 0 Å². The van der Waals surface area contributed by atoms with Gasteiger partial charge in [-0.15, -0.1) is 0 Å². The first kappa shape index (κ1) is 11.5. The Morgan fingerprint density at radius 1 is 1.44 bits per heavy atom. The maximum atomic E-state index is 6.18. The lowest BCUT2D eigenvalue weighted by Gasteiger charge is -2.21. The van der Waals surface area contributed by atoms with E-state index in [4.69, 9.17) is 5.73 Å². The van der Waals surface area contributed by atoms with E-state index in [-0.39, 0.29) is 0 Å². The number of aryl methyl sites for hydroxylation is 1. The maximum absolute atomic E-state index is 6.18. The van der Waals surface area contributed by atoms with Crippen molar-refractivity contribution in [2.75, 3.05) is 11.9 Å². The van der Waals surface area contributed by atoms with Gasteiger partial charge in [-0.2, -0.15) is 5.10 Å². The van der Waals surface area contributed by atoms with Gasteiger partial charge >= 0.3 is 0 Å². The molecule has 4 heteroatoms. The van der Waals surface area contributed by atoms with E-state index in [1.807, 2.05) is 24.0 Å². The number of hydrogen-bond acceptors (Lipinski definition) is 3. The zero-order valence-electron chi connectivity index (χ0n) is 10.0. The van der Waals surface area contributed by atoms with Crippen LogP contribution in [0.4, 0.5) is 5.82 Å². The summed E-state index contributed by atoms with van der Waals surface area (Å²) in [6.45, 7) is 0.957. The number of nitrogens with zero attached hydrogens (tertiary/aromatic N) is 2. The molecule has 1 aliphatic carbocycles. The molecule has 3 N–H and O–H groups in total. The summed E-state index contributed by atoms with van der Waals surface area (Å²) in [6.07, 6.45) is 8.34. The van der Waals surface area contributed by atoms with Crippen molar-refractivity contribution < 1.29 is 0 Å². The lowest BCUT2D eigenvalue weighted by atomic mass is 9.95. The van der Waals surface area contributed by atoms with E-state index >= 15 is 0 Å². The Morgan fingerprint density at radius 2 is 2.25 bits per heavy atom. The summed E-state index contributed by atoms with van der Waals surface area (Å²) >= 11 is 0. The Kier molecular flexibility index (Phi) is 3.83. The summed E-state index contributed by atoms with van der Waals surface area (Å²) in [5, 5.41) is 7.69. The molecule has 1 aromatic rings. The fourth-order valence-corrected chi connectivity index (χ4v) is 2.41. The van der Waals surface area contributed by atoms with Crippen LogP contribution >= 0.6 is 0 Å². The van der Waals surface area contributed by atoms with Crippen molar-refractivity contribution in [2.45, 2.75) is 38.1 Å². The molecule has 0 bridgehead atoms. The van der Waals surface area contributed by atoms with Crippen LogP contribution in [0, 0.1) is 5.92 Å². The molecule has 1 aliphatic rings. The van der Waals surface area contributed by atoms with Gasteiger partial charge in [0.15, 0.2) is 0 Å². The summed E-state index contributed by atoms with van der Waals surface area (Å²) in [5.41, 5.74) is 6.18. The van der Waals surface area contributed by atoms with Gasteiger partial charge in [-0.1, -0.05) is 19.3 Å². The first-order chi connectivity index (χ1) is 7.75. The molecule has 0 amide bonds. The Hall–Kier alpha value is -1.03. The molecule has 0 saturated heterocycles. The molecular weight excluding hydrogens is 200 g/mol. The molecular formula is C12H22N4. The quantitative estimate of drug-likeness (QED) is 0.766. The standard InChI is InChI=1S/C12H22N4/c1-16-8-7-12(15-16)14-9-10-5-3-2-4-6-11(10)13/h7-8,10-11H,2-6,9,13H2,1H3,(H,14,15). The maximum Gasteiger partial charge on any atom is 0.147 e. The second kappa shape index (κ2) is 5.34. The summed E-state index contributed by atoms with van der Waals surface area (Å²) < 4.78 is 1.81. The molecule has 1 fully saturated rings. The van der Waals surface area contributed by atoms with Crippen LogP contribution in [0.15, 0.2) is 12.3 Å². The Morgan fingerprint density at radius 3 is 3.00 bits per heavy atom. The second-order valence-corrected chi connectivity index (χ2v) is 4.82. The first-order valence-corrected chi connectivity index (χ1v) is 6.25. The average Bonchev–Trinajstić information content (AvgIpc) is 2.56. The molecule has 0 aliphatic heterocycles. The summed E-state index contributed by atoms with van der Waals surface area (Å²) in [6, 6.07) is 2.36. The van der Waals surface area contributed by atoms with E-state index in [1.165, 1.54) is 32.1 Å². The number of rotatable bonds is 3. The number of anilines is 1. The predicted molar refractivity (Wildman–Crippen MR) is 66.2 cm³/mol. The number of nitrogens with two attached hydrogens (primary N) is 1. The Balaban J connectivity index is 1.83. The average molecular weight is 222 g/mol.